The molecule has 2 atom stereocenters. The number of sulfonamides is 1. The minimum atomic E-state index is -3.56. The Hall–Kier alpha value is -2.05. The van der Waals surface area contributed by atoms with E-state index in [1.807, 2.05) is 27.7 Å². The lowest BCUT2D eigenvalue weighted by Gasteiger charge is -2.19. The zero-order valence-corrected chi connectivity index (χ0v) is 18.8. The Balaban J connectivity index is 2.29. The molecule has 0 amide bonds. The summed E-state index contributed by atoms with van der Waals surface area (Å²) in [6, 6.07) is -0.260. The molecule has 0 saturated carbocycles. The van der Waals surface area contributed by atoms with Gasteiger partial charge in [0.25, 0.3) is 0 Å². The number of anilines is 2. The van der Waals surface area contributed by atoms with Crippen LogP contribution in [0.2, 0.25) is 0 Å². The van der Waals surface area contributed by atoms with Crippen LogP contribution in [0, 0.1) is 12.8 Å². The zero-order chi connectivity index (χ0) is 21.6. The highest BCUT2D eigenvalue weighted by molar-refractivity contribution is 7.99. The molecule has 1 unspecified atom stereocenters. The van der Waals surface area contributed by atoms with Crippen LogP contribution in [0.5, 0.6) is 0 Å². The summed E-state index contributed by atoms with van der Waals surface area (Å²) in [5, 5.41) is 12.9. The van der Waals surface area contributed by atoms with E-state index < -0.39 is 10.0 Å². The summed E-state index contributed by atoms with van der Waals surface area (Å²) in [6.07, 6.45) is 5.20. The molecule has 0 aliphatic heterocycles. The van der Waals surface area contributed by atoms with Crippen molar-refractivity contribution in [3.63, 3.8) is 0 Å². The second-order valence-corrected chi connectivity index (χ2v) is 10.2. The number of aryl methyl sites for hydroxylation is 1. The SMILES string of the molecule is Cc1ncc(C(C)Sc2nc(N[C@@H](CO)CC(C)C)nc(NS(C)(=O)=O)n2)cn1. The molecule has 0 aliphatic carbocycles. The van der Waals surface area contributed by atoms with E-state index in [4.69, 9.17) is 0 Å². The van der Waals surface area contributed by atoms with Crippen LogP contribution >= 0.6 is 11.8 Å². The zero-order valence-electron chi connectivity index (χ0n) is 17.1. The van der Waals surface area contributed by atoms with Gasteiger partial charge in [-0.05, 0) is 26.2 Å². The molecular weight excluding hydrogens is 414 g/mol. The highest BCUT2D eigenvalue weighted by Gasteiger charge is 2.17. The molecule has 2 aromatic rings. The largest absolute Gasteiger partial charge is 0.394 e. The first kappa shape index (κ1) is 23.2. The number of hydrogen-bond acceptors (Lipinski definition) is 10. The average molecular weight is 442 g/mol. The van der Waals surface area contributed by atoms with E-state index in [0.717, 1.165) is 11.8 Å². The van der Waals surface area contributed by atoms with Gasteiger partial charge in [0.1, 0.15) is 5.82 Å². The van der Waals surface area contributed by atoms with E-state index in [9.17, 15) is 13.5 Å². The minimum absolute atomic E-state index is 0.0683. The number of hydrogen-bond donors (Lipinski definition) is 3. The first-order valence-electron chi connectivity index (χ1n) is 9.12. The van der Waals surface area contributed by atoms with Crippen LogP contribution in [-0.4, -0.2) is 57.3 Å². The molecule has 0 aromatic carbocycles. The molecule has 0 spiro atoms. The van der Waals surface area contributed by atoms with Gasteiger partial charge in [0.05, 0.1) is 18.9 Å². The Kier molecular flexibility index (Phi) is 8.11. The van der Waals surface area contributed by atoms with Gasteiger partial charge < -0.3 is 10.4 Å². The maximum atomic E-state index is 11.6. The lowest BCUT2D eigenvalue weighted by atomic mass is 10.0. The van der Waals surface area contributed by atoms with Gasteiger partial charge in [-0.25, -0.2) is 18.4 Å². The van der Waals surface area contributed by atoms with Crippen LogP contribution in [-0.2, 0) is 10.0 Å². The lowest BCUT2D eigenvalue weighted by molar-refractivity contribution is 0.259. The number of rotatable bonds is 10. The summed E-state index contributed by atoms with van der Waals surface area (Å²) < 4.78 is 25.5. The Morgan fingerprint density at radius 2 is 1.72 bits per heavy atom. The fourth-order valence-electron chi connectivity index (χ4n) is 2.45. The second-order valence-electron chi connectivity index (χ2n) is 7.12. The second kappa shape index (κ2) is 10.1. The number of aliphatic hydroxyl groups is 1. The Morgan fingerprint density at radius 1 is 1.10 bits per heavy atom. The van der Waals surface area contributed by atoms with Crippen molar-refractivity contribution in [2.45, 2.75) is 50.6 Å². The lowest BCUT2D eigenvalue weighted by Crippen LogP contribution is -2.27. The van der Waals surface area contributed by atoms with Gasteiger partial charge in [-0.2, -0.15) is 15.0 Å². The predicted molar refractivity (Wildman–Crippen MR) is 113 cm³/mol. The molecule has 0 aliphatic rings. The Morgan fingerprint density at radius 3 is 2.28 bits per heavy atom. The first-order chi connectivity index (χ1) is 13.6. The summed E-state index contributed by atoms with van der Waals surface area (Å²) in [7, 11) is -3.56. The maximum absolute atomic E-state index is 11.6. The number of thioether (sulfide) groups is 1. The summed E-state index contributed by atoms with van der Waals surface area (Å²) in [4.78, 5) is 21.1. The van der Waals surface area contributed by atoms with Gasteiger partial charge in [-0.15, -0.1) is 0 Å². The van der Waals surface area contributed by atoms with Crippen molar-refractivity contribution in [1.29, 1.82) is 0 Å². The fourth-order valence-corrected chi connectivity index (χ4v) is 3.73. The van der Waals surface area contributed by atoms with E-state index in [1.165, 1.54) is 11.8 Å². The van der Waals surface area contributed by atoms with E-state index in [0.29, 0.717) is 23.3 Å². The third-order valence-corrected chi connectivity index (χ3v) is 5.33. The van der Waals surface area contributed by atoms with Gasteiger partial charge in [0, 0.05) is 23.2 Å². The van der Waals surface area contributed by atoms with Crippen LogP contribution in [0.3, 0.4) is 0 Å². The van der Waals surface area contributed by atoms with Crippen LogP contribution in [0.15, 0.2) is 17.6 Å². The Labute approximate surface area is 175 Å². The average Bonchev–Trinajstić information content (AvgIpc) is 2.59. The van der Waals surface area contributed by atoms with Crippen molar-refractivity contribution in [1.82, 2.24) is 24.9 Å². The molecule has 0 bridgehead atoms. The van der Waals surface area contributed by atoms with Crippen LogP contribution in [0.25, 0.3) is 0 Å². The molecule has 160 valence electrons. The highest BCUT2D eigenvalue weighted by atomic mass is 32.2. The third kappa shape index (κ3) is 8.07. The van der Waals surface area contributed by atoms with Gasteiger partial charge in [0.2, 0.25) is 21.9 Å². The van der Waals surface area contributed by atoms with Crippen molar-refractivity contribution < 1.29 is 13.5 Å². The summed E-state index contributed by atoms with van der Waals surface area (Å²) in [6.45, 7) is 7.75. The molecule has 0 radical (unpaired) electrons. The van der Waals surface area contributed by atoms with E-state index in [1.54, 1.807) is 12.4 Å². The van der Waals surface area contributed by atoms with Gasteiger partial charge >= 0.3 is 0 Å². The molecule has 29 heavy (non-hydrogen) atoms. The van der Waals surface area contributed by atoms with Crippen molar-refractivity contribution >= 4 is 33.7 Å². The quantitative estimate of drug-likeness (QED) is 0.468. The molecule has 10 nitrogen and oxygen atoms in total. The maximum Gasteiger partial charge on any atom is 0.242 e. The molecule has 0 fully saturated rings. The first-order valence-corrected chi connectivity index (χ1v) is 11.9. The smallest absolute Gasteiger partial charge is 0.242 e. The minimum Gasteiger partial charge on any atom is -0.394 e. The number of aromatic nitrogens is 5. The van der Waals surface area contributed by atoms with E-state index >= 15 is 0 Å². The molecule has 0 saturated heterocycles. The summed E-state index contributed by atoms with van der Waals surface area (Å²) in [5.74, 6) is 1.14. The highest BCUT2D eigenvalue weighted by Crippen LogP contribution is 2.33. The van der Waals surface area contributed by atoms with Crippen molar-refractivity contribution in [3.8, 4) is 0 Å². The molecule has 2 rings (SSSR count). The monoisotopic (exact) mass is 441 g/mol. The molecule has 3 N–H and O–H groups in total. The van der Waals surface area contributed by atoms with Gasteiger partial charge in [0.15, 0.2) is 5.16 Å². The van der Waals surface area contributed by atoms with Gasteiger partial charge in [-0.1, -0.05) is 25.6 Å². The van der Waals surface area contributed by atoms with E-state index in [-0.39, 0.29) is 29.8 Å². The third-order valence-electron chi connectivity index (χ3n) is 3.75. The van der Waals surface area contributed by atoms with E-state index in [2.05, 4.69) is 35.0 Å². The van der Waals surface area contributed by atoms with Crippen molar-refractivity contribution in [2.75, 3.05) is 22.9 Å². The predicted octanol–water partition coefficient (Wildman–Crippen LogP) is 2.01. The van der Waals surface area contributed by atoms with Crippen molar-refractivity contribution in [2.24, 2.45) is 5.92 Å². The van der Waals surface area contributed by atoms with Crippen LogP contribution in [0.1, 0.15) is 43.8 Å². The van der Waals surface area contributed by atoms with Crippen LogP contribution < -0.4 is 10.0 Å². The summed E-state index contributed by atoms with van der Waals surface area (Å²) in [5.41, 5.74) is 0.890. The number of nitrogens with zero attached hydrogens (tertiary/aromatic N) is 5. The van der Waals surface area contributed by atoms with Gasteiger partial charge in [-0.3, -0.25) is 4.72 Å². The molecule has 2 heterocycles. The molecule has 2 aromatic heterocycles. The number of aliphatic hydroxyl groups excluding tert-OH is 1. The fraction of sp³-hybridized carbons (Fsp3) is 0.588. The van der Waals surface area contributed by atoms with Crippen LogP contribution in [0.4, 0.5) is 11.9 Å². The normalized spacial score (nSPS) is 13.9. The summed E-state index contributed by atoms with van der Waals surface area (Å²) >= 11 is 1.33. The molecule has 12 heteroatoms. The topological polar surface area (TPSA) is 143 Å². The standard InChI is InChI=1S/C17H27N7O3S2/c1-10(2)6-14(9-25)20-15-21-16(24-29(5,26)27)23-17(22-15)28-11(3)13-7-18-12(4)19-8-13/h7-8,10-11,14,25H,6,9H2,1-5H3,(H2,20,21,22,23,24)/t11?,14-/m1/s1. The number of nitrogens with one attached hydrogen (secondary N) is 2. The Bertz CT molecular complexity index is 908. The molecular formula is C17H27N7O3S2. The van der Waals surface area contributed by atoms with Crippen molar-refractivity contribution in [3.05, 3.63) is 23.8 Å².